The Bertz CT molecular complexity index is 1250. The SMILES string of the molecule is O=C(NCc1cc(Cl)ccn1)c1cn(C2CC2)c2cc(N3CCNCC3)c(F)cc2c1=O. The fourth-order valence-corrected chi connectivity index (χ4v) is 4.32. The molecule has 166 valence electrons. The molecular weight excluding hydrogens is 433 g/mol. The van der Waals surface area contributed by atoms with Gasteiger partial charge in [0.2, 0.25) is 5.43 Å². The van der Waals surface area contributed by atoms with Crippen LogP contribution < -0.4 is 21.0 Å². The first-order chi connectivity index (χ1) is 15.5. The summed E-state index contributed by atoms with van der Waals surface area (Å²) in [5.41, 5.74) is 1.28. The fourth-order valence-electron chi connectivity index (χ4n) is 4.13. The number of fused-ring (bicyclic) bond motifs is 1. The third kappa shape index (κ3) is 4.08. The van der Waals surface area contributed by atoms with Crippen LogP contribution in [0, 0.1) is 5.82 Å². The number of carbonyl (C=O) groups is 1. The number of aromatic nitrogens is 2. The van der Waals surface area contributed by atoms with Gasteiger partial charge in [0.1, 0.15) is 11.4 Å². The summed E-state index contributed by atoms with van der Waals surface area (Å²) in [6.45, 7) is 3.11. The molecule has 1 aromatic carbocycles. The quantitative estimate of drug-likeness (QED) is 0.618. The van der Waals surface area contributed by atoms with Crippen molar-refractivity contribution in [2.75, 3.05) is 31.1 Å². The van der Waals surface area contributed by atoms with E-state index < -0.39 is 17.2 Å². The summed E-state index contributed by atoms with van der Waals surface area (Å²) in [5.74, 6) is -0.959. The topological polar surface area (TPSA) is 79.3 Å². The average Bonchev–Trinajstić information content (AvgIpc) is 3.64. The van der Waals surface area contributed by atoms with E-state index in [2.05, 4.69) is 15.6 Å². The molecule has 1 amide bonds. The molecule has 7 nitrogen and oxygen atoms in total. The van der Waals surface area contributed by atoms with Gasteiger partial charge in [0.25, 0.3) is 5.91 Å². The molecule has 3 heterocycles. The molecule has 2 aliphatic rings. The Hall–Kier alpha value is -2.97. The van der Waals surface area contributed by atoms with E-state index in [0.717, 1.165) is 25.9 Å². The lowest BCUT2D eigenvalue weighted by Gasteiger charge is -2.30. The van der Waals surface area contributed by atoms with E-state index in [1.807, 2.05) is 9.47 Å². The van der Waals surface area contributed by atoms with Crippen molar-refractivity contribution in [3.05, 3.63) is 69.0 Å². The molecule has 0 atom stereocenters. The lowest BCUT2D eigenvalue weighted by molar-refractivity contribution is 0.0949. The van der Waals surface area contributed by atoms with Crippen LogP contribution >= 0.6 is 11.6 Å². The van der Waals surface area contributed by atoms with Crippen LogP contribution in [-0.2, 0) is 6.54 Å². The van der Waals surface area contributed by atoms with E-state index in [1.54, 1.807) is 30.6 Å². The Morgan fingerprint density at radius 3 is 2.75 bits per heavy atom. The summed E-state index contributed by atoms with van der Waals surface area (Å²) in [4.78, 5) is 32.2. The first-order valence-corrected chi connectivity index (χ1v) is 11.1. The summed E-state index contributed by atoms with van der Waals surface area (Å²) < 4.78 is 17.0. The van der Waals surface area contributed by atoms with E-state index >= 15 is 4.39 Å². The van der Waals surface area contributed by atoms with Gasteiger partial charge < -0.3 is 20.1 Å². The molecule has 0 unspecified atom stereocenters. The van der Waals surface area contributed by atoms with Crippen molar-refractivity contribution in [1.82, 2.24) is 20.2 Å². The maximum absolute atomic E-state index is 15.0. The molecule has 0 bridgehead atoms. The predicted octanol–water partition coefficient (Wildman–Crippen LogP) is 2.86. The Balaban J connectivity index is 1.52. The van der Waals surface area contributed by atoms with Crippen molar-refractivity contribution < 1.29 is 9.18 Å². The van der Waals surface area contributed by atoms with Crippen LogP contribution in [0.2, 0.25) is 5.02 Å². The lowest BCUT2D eigenvalue weighted by atomic mass is 10.1. The Morgan fingerprint density at radius 1 is 1.25 bits per heavy atom. The maximum atomic E-state index is 15.0. The largest absolute Gasteiger partial charge is 0.367 e. The number of hydrogen-bond donors (Lipinski definition) is 2. The Morgan fingerprint density at radius 2 is 2.03 bits per heavy atom. The molecule has 1 saturated heterocycles. The van der Waals surface area contributed by atoms with Gasteiger partial charge in [-0.15, -0.1) is 0 Å². The number of rotatable bonds is 5. The molecular formula is C23H23ClFN5O2. The van der Waals surface area contributed by atoms with Gasteiger partial charge in [0, 0.05) is 55.0 Å². The molecule has 1 aliphatic heterocycles. The van der Waals surface area contributed by atoms with E-state index in [-0.39, 0.29) is 23.5 Å². The van der Waals surface area contributed by atoms with Gasteiger partial charge >= 0.3 is 0 Å². The third-order valence-electron chi connectivity index (χ3n) is 5.95. The first-order valence-electron chi connectivity index (χ1n) is 10.7. The molecule has 0 radical (unpaired) electrons. The highest BCUT2D eigenvalue weighted by Crippen LogP contribution is 2.38. The number of benzene rings is 1. The molecule has 2 aromatic heterocycles. The summed E-state index contributed by atoms with van der Waals surface area (Å²) in [6.07, 6.45) is 5.10. The minimum Gasteiger partial charge on any atom is -0.367 e. The zero-order valence-corrected chi connectivity index (χ0v) is 18.2. The van der Waals surface area contributed by atoms with Crippen LogP contribution in [0.15, 0.2) is 41.5 Å². The minimum absolute atomic E-state index is 0.000695. The second-order valence-electron chi connectivity index (χ2n) is 8.22. The van der Waals surface area contributed by atoms with Crippen molar-refractivity contribution in [1.29, 1.82) is 0 Å². The van der Waals surface area contributed by atoms with Crippen LogP contribution in [-0.4, -0.2) is 41.6 Å². The molecule has 5 rings (SSSR count). The van der Waals surface area contributed by atoms with Crippen LogP contribution in [0.25, 0.3) is 10.9 Å². The molecule has 3 aromatic rings. The number of anilines is 1. The fraction of sp³-hybridized carbons (Fsp3) is 0.348. The second-order valence-corrected chi connectivity index (χ2v) is 8.65. The third-order valence-corrected chi connectivity index (χ3v) is 6.19. The molecule has 0 spiro atoms. The Labute approximate surface area is 189 Å². The van der Waals surface area contributed by atoms with Crippen molar-refractivity contribution in [2.45, 2.75) is 25.4 Å². The van der Waals surface area contributed by atoms with Gasteiger partial charge in [-0.2, -0.15) is 0 Å². The number of halogens is 2. The number of hydrogen-bond acceptors (Lipinski definition) is 5. The highest BCUT2D eigenvalue weighted by atomic mass is 35.5. The van der Waals surface area contributed by atoms with Crippen LogP contribution in [0.5, 0.6) is 0 Å². The van der Waals surface area contributed by atoms with Gasteiger partial charge in [-0.3, -0.25) is 14.6 Å². The second kappa shape index (κ2) is 8.52. The van der Waals surface area contributed by atoms with E-state index in [0.29, 0.717) is 35.0 Å². The number of pyridine rings is 2. The number of amides is 1. The summed E-state index contributed by atoms with van der Waals surface area (Å²) in [5, 5.41) is 6.73. The number of nitrogens with one attached hydrogen (secondary N) is 2. The van der Waals surface area contributed by atoms with Crippen LogP contribution in [0.3, 0.4) is 0 Å². The van der Waals surface area contributed by atoms with Crippen molar-refractivity contribution in [2.24, 2.45) is 0 Å². The van der Waals surface area contributed by atoms with E-state index in [1.165, 1.54) is 6.07 Å². The normalized spacial score (nSPS) is 16.4. The minimum atomic E-state index is -0.514. The van der Waals surface area contributed by atoms with Crippen molar-refractivity contribution in [3.63, 3.8) is 0 Å². The van der Waals surface area contributed by atoms with E-state index in [4.69, 9.17) is 11.6 Å². The van der Waals surface area contributed by atoms with Crippen molar-refractivity contribution in [3.8, 4) is 0 Å². The number of piperazine rings is 1. The highest BCUT2D eigenvalue weighted by molar-refractivity contribution is 6.30. The highest BCUT2D eigenvalue weighted by Gasteiger charge is 2.28. The lowest BCUT2D eigenvalue weighted by Crippen LogP contribution is -2.44. The predicted molar refractivity (Wildman–Crippen MR) is 122 cm³/mol. The van der Waals surface area contributed by atoms with Gasteiger partial charge in [0.15, 0.2) is 0 Å². The summed E-state index contributed by atoms with van der Waals surface area (Å²) in [6, 6.07) is 6.54. The summed E-state index contributed by atoms with van der Waals surface area (Å²) >= 11 is 5.97. The monoisotopic (exact) mass is 455 g/mol. The zero-order valence-electron chi connectivity index (χ0n) is 17.4. The zero-order chi connectivity index (χ0) is 22.2. The first kappa shape index (κ1) is 20.9. The molecule has 1 aliphatic carbocycles. The van der Waals surface area contributed by atoms with E-state index in [9.17, 15) is 9.59 Å². The van der Waals surface area contributed by atoms with Gasteiger partial charge in [-0.1, -0.05) is 11.6 Å². The van der Waals surface area contributed by atoms with Gasteiger partial charge in [-0.05, 0) is 37.1 Å². The summed E-state index contributed by atoms with van der Waals surface area (Å²) in [7, 11) is 0. The molecule has 2 N–H and O–H groups in total. The molecule has 9 heteroatoms. The maximum Gasteiger partial charge on any atom is 0.257 e. The van der Waals surface area contributed by atoms with Crippen LogP contribution in [0.4, 0.5) is 10.1 Å². The van der Waals surface area contributed by atoms with Crippen molar-refractivity contribution >= 4 is 34.1 Å². The Kier molecular flexibility index (Phi) is 5.57. The average molecular weight is 456 g/mol. The number of nitrogens with zero attached hydrogens (tertiary/aromatic N) is 3. The van der Waals surface area contributed by atoms with Gasteiger partial charge in [0.05, 0.1) is 23.4 Å². The molecule has 32 heavy (non-hydrogen) atoms. The number of carbonyl (C=O) groups excluding carboxylic acids is 1. The van der Waals surface area contributed by atoms with Gasteiger partial charge in [-0.25, -0.2) is 4.39 Å². The standard InChI is InChI=1S/C23H23ClFN5O2/c24-14-3-4-27-15(9-14)12-28-23(32)18-13-30(16-1-2-16)20-11-21(29-7-5-26-6-8-29)19(25)10-17(20)22(18)31/h3-4,9-11,13,16,26H,1-2,5-8,12H2,(H,28,32). The molecule has 1 saturated carbocycles. The van der Waals surface area contributed by atoms with Crippen LogP contribution in [0.1, 0.15) is 34.9 Å². The molecule has 2 fully saturated rings. The smallest absolute Gasteiger partial charge is 0.257 e.